The number of carbonyl (C=O) groups is 2. The highest BCUT2D eigenvalue weighted by molar-refractivity contribution is 5.89. The van der Waals surface area contributed by atoms with Gasteiger partial charge in [0.1, 0.15) is 6.04 Å². The van der Waals surface area contributed by atoms with Gasteiger partial charge in [0.15, 0.2) is 0 Å². The van der Waals surface area contributed by atoms with Gasteiger partial charge in [0.05, 0.1) is 0 Å². The van der Waals surface area contributed by atoms with Crippen molar-refractivity contribution in [3.8, 4) is 0 Å². The molecule has 154 valence electrons. The summed E-state index contributed by atoms with van der Waals surface area (Å²) >= 11 is 0. The van der Waals surface area contributed by atoms with E-state index in [4.69, 9.17) is 0 Å². The lowest BCUT2D eigenvalue weighted by Crippen LogP contribution is -2.50. The number of nitrogens with one attached hydrogen (secondary N) is 1. The Bertz CT molecular complexity index is 664. The summed E-state index contributed by atoms with van der Waals surface area (Å²) in [5.74, 6) is 0.379. The lowest BCUT2D eigenvalue weighted by molar-refractivity contribution is -0.142. The lowest BCUT2D eigenvalue weighted by atomic mass is 9.79. The van der Waals surface area contributed by atoms with Gasteiger partial charge < -0.3 is 10.2 Å². The fraction of sp³-hybridized carbons (Fsp3) is 0.667. The highest BCUT2D eigenvalue weighted by Crippen LogP contribution is 2.30. The average molecular weight is 385 g/mol. The molecule has 1 saturated carbocycles. The van der Waals surface area contributed by atoms with Crippen LogP contribution in [0.1, 0.15) is 77.7 Å². The number of hydrogen-bond acceptors (Lipinski definition) is 2. The number of benzene rings is 1. The van der Waals surface area contributed by atoms with Crippen molar-refractivity contribution in [3.05, 3.63) is 35.9 Å². The average Bonchev–Trinajstić information content (AvgIpc) is 3.18. The first-order chi connectivity index (χ1) is 13.4. The van der Waals surface area contributed by atoms with E-state index in [2.05, 4.69) is 50.4 Å². The van der Waals surface area contributed by atoms with Gasteiger partial charge in [0.25, 0.3) is 0 Å². The maximum absolute atomic E-state index is 13.0. The number of nitrogens with zero attached hydrogens (tertiary/aromatic N) is 1. The second-order valence-corrected chi connectivity index (χ2v) is 9.39. The Morgan fingerprint density at radius 3 is 2.43 bits per heavy atom. The number of hydrogen-bond donors (Lipinski definition) is 1. The third kappa shape index (κ3) is 4.95. The first kappa shape index (κ1) is 20.9. The first-order valence-electron chi connectivity index (χ1n) is 11.0. The summed E-state index contributed by atoms with van der Waals surface area (Å²) < 4.78 is 0. The number of rotatable bonds is 6. The van der Waals surface area contributed by atoms with Crippen molar-refractivity contribution in [2.24, 2.45) is 5.92 Å². The molecule has 2 fully saturated rings. The van der Waals surface area contributed by atoms with E-state index in [-0.39, 0.29) is 35.2 Å². The van der Waals surface area contributed by atoms with Gasteiger partial charge in [-0.3, -0.25) is 9.59 Å². The Morgan fingerprint density at radius 1 is 1.07 bits per heavy atom. The van der Waals surface area contributed by atoms with Crippen LogP contribution in [-0.2, 0) is 15.0 Å². The molecule has 3 rings (SSSR count). The molecule has 4 nitrogen and oxygen atoms in total. The van der Waals surface area contributed by atoms with Crippen LogP contribution in [0, 0.1) is 5.92 Å². The Hall–Kier alpha value is -1.84. The van der Waals surface area contributed by atoms with Crippen molar-refractivity contribution >= 4 is 11.8 Å². The van der Waals surface area contributed by atoms with Crippen LogP contribution in [0.3, 0.4) is 0 Å². The third-order valence-corrected chi connectivity index (χ3v) is 6.55. The summed E-state index contributed by atoms with van der Waals surface area (Å²) in [6, 6.07) is 10.2. The van der Waals surface area contributed by atoms with Crippen LogP contribution in [0.25, 0.3) is 0 Å². The van der Waals surface area contributed by atoms with Crippen LogP contribution in [0.5, 0.6) is 0 Å². The molecule has 0 aromatic heterocycles. The van der Waals surface area contributed by atoms with Gasteiger partial charge in [0.2, 0.25) is 11.8 Å². The molecule has 0 spiro atoms. The monoisotopic (exact) mass is 384 g/mol. The van der Waals surface area contributed by atoms with E-state index in [1.807, 2.05) is 11.0 Å². The van der Waals surface area contributed by atoms with Gasteiger partial charge in [-0.25, -0.2) is 0 Å². The Morgan fingerprint density at radius 2 is 1.75 bits per heavy atom. The molecule has 1 aliphatic carbocycles. The van der Waals surface area contributed by atoms with E-state index in [9.17, 15) is 9.59 Å². The minimum atomic E-state index is -0.281. The SMILES string of the molecule is CC(CC(C)(C)c1ccccc1)NC(=O)C1CCCN1C(=O)C1CCCCC1. The summed E-state index contributed by atoms with van der Waals surface area (Å²) in [5.41, 5.74) is 1.27. The normalized spacial score (nSPS) is 22.1. The lowest BCUT2D eigenvalue weighted by Gasteiger charge is -2.32. The molecule has 2 unspecified atom stereocenters. The molecule has 4 heteroatoms. The van der Waals surface area contributed by atoms with Crippen LogP contribution < -0.4 is 5.32 Å². The highest BCUT2D eigenvalue weighted by atomic mass is 16.2. The molecule has 2 aliphatic rings. The maximum Gasteiger partial charge on any atom is 0.243 e. The summed E-state index contributed by atoms with van der Waals surface area (Å²) in [6.45, 7) is 7.25. The maximum atomic E-state index is 13.0. The summed E-state index contributed by atoms with van der Waals surface area (Å²) in [4.78, 5) is 27.8. The van der Waals surface area contributed by atoms with Crippen molar-refractivity contribution in [1.29, 1.82) is 0 Å². The molecule has 1 aromatic rings. The second-order valence-electron chi connectivity index (χ2n) is 9.39. The van der Waals surface area contributed by atoms with Gasteiger partial charge in [-0.2, -0.15) is 0 Å². The van der Waals surface area contributed by atoms with Gasteiger partial charge in [0, 0.05) is 18.5 Å². The quantitative estimate of drug-likeness (QED) is 0.789. The van der Waals surface area contributed by atoms with Crippen LogP contribution in [-0.4, -0.2) is 35.3 Å². The van der Waals surface area contributed by atoms with Gasteiger partial charge >= 0.3 is 0 Å². The standard InChI is InChI=1S/C24H36N2O2/c1-18(17-24(2,3)20-13-8-5-9-14-20)25-22(27)21-15-10-16-26(21)23(28)19-11-6-4-7-12-19/h5,8-9,13-14,18-19,21H,4,6-7,10-12,15-17H2,1-3H3,(H,25,27). The van der Waals surface area contributed by atoms with Crippen LogP contribution in [0.2, 0.25) is 0 Å². The topological polar surface area (TPSA) is 49.4 Å². The molecule has 28 heavy (non-hydrogen) atoms. The minimum absolute atomic E-state index is 0.0127. The Kier molecular flexibility index (Phi) is 6.79. The van der Waals surface area contributed by atoms with Crippen molar-refractivity contribution in [3.63, 3.8) is 0 Å². The van der Waals surface area contributed by atoms with Crippen molar-refractivity contribution in [2.75, 3.05) is 6.54 Å². The summed E-state index contributed by atoms with van der Waals surface area (Å²) in [5, 5.41) is 3.20. The molecule has 0 radical (unpaired) electrons. The third-order valence-electron chi connectivity index (χ3n) is 6.55. The van der Waals surface area contributed by atoms with E-state index < -0.39 is 0 Å². The number of carbonyl (C=O) groups excluding carboxylic acids is 2. The highest BCUT2D eigenvalue weighted by Gasteiger charge is 2.38. The van der Waals surface area contributed by atoms with E-state index in [0.29, 0.717) is 0 Å². The molecular weight excluding hydrogens is 348 g/mol. The summed E-state index contributed by atoms with van der Waals surface area (Å²) in [6.07, 6.45) is 8.10. The minimum Gasteiger partial charge on any atom is -0.352 e. The molecule has 1 aromatic carbocycles. The Balaban J connectivity index is 1.57. The zero-order valence-electron chi connectivity index (χ0n) is 17.7. The zero-order valence-corrected chi connectivity index (χ0v) is 17.7. The number of amides is 2. The van der Waals surface area contributed by atoms with Crippen LogP contribution in [0.15, 0.2) is 30.3 Å². The molecular formula is C24H36N2O2. The van der Waals surface area contributed by atoms with E-state index in [1.54, 1.807) is 0 Å². The molecule has 2 atom stereocenters. The summed E-state index contributed by atoms with van der Waals surface area (Å²) in [7, 11) is 0. The second kappa shape index (κ2) is 9.11. The molecule has 1 N–H and O–H groups in total. The van der Waals surface area contributed by atoms with E-state index in [0.717, 1.165) is 51.5 Å². The predicted molar refractivity (Wildman–Crippen MR) is 113 cm³/mol. The van der Waals surface area contributed by atoms with Crippen molar-refractivity contribution < 1.29 is 9.59 Å². The van der Waals surface area contributed by atoms with E-state index >= 15 is 0 Å². The number of likely N-dealkylation sites (tertiary alicyclic amines) is 1. The van der Waals surface area contributed by atoms with Crippen LogP contribution in [0.4, 0.5) is 0 Å². The Labute approximate surface area is 170 Å². The van der Waals surface area contributed by atoms with Gasteiger partial charge in [-0.05, 0) is 50.0 Å². The molecule has 1 heterocycles. The van der Waals surface area contributed by atoms with Crippen molar-refractivity contribution in [2.45, 2.75) is 89.6 Å². The van der Waals surface area contributed by atoms with Gasteiger partial charge in [-0.1, -0.05) is 63.4 Å². The smallest absolute Gasteiger partial charge is 0.243 e. The fourth-order valence-electron chi connectivity index (χ4n) is 5.05. The molecule has 1 saturated heterocycles. The zero-order chi connectivity index (χ0) is 20.1. The fourth-order valence-corrected chi connectivity index (χ4v) is 5.05. The first-order valence-corrected chi connectivity index (χ1v) is 11.0. The molecule has 1 aliphatic heterocycles. The van der Waals surface area contributed by atoms with E-state index in [1.165, 1.54) is 12.0 Å². The molecule has 0 bridgehead atoms. The predicted octanol–water partition coefficient (Wildman–Crippen LogP) is 4.43. The van der Waals surface area contributed by atoms with Gasteiger partial charge in [-0.15, -0.1) is 0 Å². The van der Waals surface area contributed by atoms with Crippen LogP contribution >= 0.6 is 0 Å². The molecule has 2 amide bonds. The largest absolute Gasteiger partial charge is 0.352 e. The van der Waals surface area contributed by atoms with Crippen molar-refractivity contribution in [1.82, 2.24) is 10.2 Å².